The quantitative estimate of drug-likeness (QED) is 0.482. The van der Waals surface area contributed by atoms with Gasteiger partial charge in [-0.3, -0.25) is 0 Å². The number of anilines is 1. The number of carbonyl (C=O) groups is 2. The van der Waals surface area contributed by atoms with Crippen LogP contribution in [0.2, 0.25) is 0 Å². The van der Waals surface area contributed by atoms with Gasteiger partial charge in [0.1, 0.15) is 17.4 Å². The summed E-state index contributed by atoms with van der Waals surface area (Å²) in [6.07, 6.45) is 0.0721. The number of aliphatic hydroxyl groups is 1. The summed E-state index contributed by atoms with van der Waals surface area (Å²) in [6.45, 7) is 4.86. The average Bonchev–Trinajstić information content (AvgIpc) is 3.01. The van der Waals surface area contributed by atoms with Crippen molar-refractivity contribution in [3.63, 3.8) is 0 Å². The van der Waals surface area contributed by atoms with Gasteiger partial charge in [-0.25, -0.2) is 18.2 Å². The molecule has 0 unspecified atom stereocenters. The Labute approximate surface area is 209 Å². The Morgan fingerprint density at radius 3 is 2.33 bits per heavy atom. The van der Waals surface area contributed by atoms with Gasteiger partial charge in [0.25, 0.3) is 0 Å². The van der Waals surface area contributed by atoms with Gasteiger partial charge in [-0.1, -0.05) is 24.3 Å². The Kier molecular flexibility index (Phi) is 7.68. The second-order valence-electron chi connectivity index (χ2n) is 9.06. The predicted molar refractivity (Wildman–Crippen MR) is 132 cm³/mol. The fourth-order valence-corrected chi connectivity index (χ4v) is 4.85. The number of ether oxygens (including phenoxy) is 2. The van der Waals surface area contributed by atoms with Gasteiger partial charge in [0.15, 0.2) is 0 Å². The van der Waals surface area contributed by atoms with Gasteiger partial charge < -0.3 is 25.0 Å². The number of hydrogen-bond acceptors (Lipinski definition) is 7. The Hall–Kier alpha value is -3.93. The number of nitrogens with one attached hydrogen (secondary N) is 1. The van der Waals surface area contributed by atoms with Crippen LogP contribution in [-0.2, 0) is 32.7 Å². The van der Waals surface area contributed by atoms with Gasteiger partial charge in [0.2, 0.25) is 5.88 Å². The number of methoxy groups -OCH3 is 1. The van der Waals surface area contributed by atoms with E-state index in [4.69, 9.17) is 9.47 Å². The predicted octanol–water partition coefficient (Wildman–Crippen LogP) is 3.14. The smallest absolute Gasteiger partial charge is 0.408 e. The number of nitrogens with zero attached hydrogens (tertiary/aromatic N) is 2. The van der Waals surface area contributed by atoms with E-state index in [1.807, 2.05) is 0 Å². The summed E-state index contributed by atoms with van der Waals surface area (Å²) in [5, 5.41) is 22.3. The average molecular weight is 520 g/mol. The van der Waals surface area contributed by atoms with Crippen LogP contribution in [0.1, 0.15) is 31.9 Å². The van der Waals surface area contributed by atoms with E-state index in [0.717, 1.165) is 14.8 Å². The molecule has 194 valence electrons. The first-order chi connectivity index (χ1) is 16.8. The van der Waals surface area contributed by atoms with Gasteiger partial charge in [-0.15, -0.1) is 0 Å². The Morgan fingerprint density at radius 1 is 1.08 bits per heavy atom. The van der Waals surface area contributed by atoms with E-state index >= 15 is 0 Å². The second-order valence-corrected chi connectivity index (χ2v) is 10.8. The SMILES string of the molecule is COc1ccc(CN2C(O)=CN(c3cccc(C[C@H](NC(=O)OC(C)(C)C)C(=O)O)c3)S2(=O)=O)cc1. The molecule has 1 aliphatic rings. The summed E-state index contributed by atoms with van der Waals surface area (Å²) in [5.74, 6) is -1.13. The molecule has 1 aliphatic heterocycles. The number of aliphatic carboxylic acids is 1. The van der Waals surface area contributed by atoms with Crippen molar-refractivity contribution in [2.75, 3.05) is 11.4 Å². The van der Waals surface area contributed by atoms with Crippen molar-refractivity contribution >= 4 is 28.0 Å². The van der Waals surface area contributed by atoms with E-state index in [-0.39, 0.29) is 18.7 Å². The van der Waals surface area contributed by atoms with Crippen molar-refractivity contribution in [1.29, 1.82) is 0 Å². The highest BCUT2D eigenvalue weighted by Gasteiger charge is 2.38. The minimum absolute atomic E-state index is 0.105. The molecular formula is C24H29N3O8S. The minimum atomic E-state index is -4.16. The van der Waals surface area contributed by atoms with Crippen LogP contribution < -0.4 is 14.4 Å². The normalized spacial score (nSPS) is 15.7. The lowest BCUT2D eigenvalue weighted by Gasteiger charge is -2.23. The number of amides is 1. The number of carboxylic acids is 1. The van der Waals surface area contributed by atoms with Gasteiger partial charge in [-0.2, -0.15) is 8.42 Å². The minimum Gasteiger partial charge on any atom is -0.497 e. The molecule has 1 amide bonds. The lowest BCUT2D eigenvalue weighted by molar-refractivity contribution is -0.139. The molecule has 0 aromatic heterocycles. The summed E-state index contributed by atoms with van der Waals surface area (Å²) in [6, 6.07) is 11.6. The molecule has 0 fully saturated rings. The molecule has 1 heterocycles. The van der Waals surface area contributed by atoms with Crippen LogP contribution in [0, 0.1) is 0 Å². The Balaban J connectivity index is 1.78. The fourth-order valence-electron chi connectivity index (χ4n) is 3.43. The van der Waals surface area contributed by atoms with E-state index in [9.17, 15) is 28.2 Å². The van der Waals surface area contributed by atoms with E-state index in [2.05, 4.69) is 5.32 Å². The number of rotatable bonds is 8. The zero-order chi connectivity index (χ0) is 26.7. The van der Waals surface area contributed by atoms with Crippen LogP contribution >= 0.6 is 0 Å². The van der Waals surface area contributed by atoms with Crippen LogP contribution in [-0.4, -0.2) is 53.8 Å². The molecule has 0 bridgehead atoms. The van der Waals surface area contributed by atoms with Crippen molar-refractivity contribution in [1.82, 2.24) is 9.62 Å². The summed E-state index contributed by atoms with van der Waals surface area (Å²) in [4.78, 5) is 23.8. The number of aliphatic hydroxyl groups excluding tert-OH is 1. The zero-order valence-electron chi connectivity index (χ0n) is 20.3. The highest BCUT2D eigenvalue weighted by atomic mass is 32.2. The lowest BCUT2D eigenvalue weighted by atomic mass is 10.1. The molecule has 36 heavy (non-hydrogen) atoms. The standard InChI is InChI=1S/C24H29N3O8S/c1-24(2,3)35-23(31)25-20(22(29)30)13-17-6-5-7-18(12-17)26-15-21(28)27(36(26,32)33)14-16-8-10-19(34-4)11-9-16/h5-12,15,20,28H,13-14H2,1-4H3,(H,25,31)(H,29,30)/t20-/m0/s1. The highest BCUT2D eigenvalue weighted by molar-refractivity contribution is 7.91. The van der Waals surface area contributed by atoms with Crippen molar-refractivity contribution in [2.24, 2.45) is 0 Å². The summed E-state index contributed by atoms with van der Waals surface area (Å²) in [7, 11) is -2.64. The number of hydrogen-bond donors (Lipinski definition) is 3. The van der Waals surface area contributed by atoms with Crippen LogP contribution in [0.3, 0.4) is 0 Å². The molecule has 12 heteroatoms. The van der Waals surface area contributed by atoms with Crippen LogP contribution in [0.4, 0.5) is 10.5 Å². The number of carbonyl (C=O) groups excluding carboxylic acids is 1. The monoisotopic (exact) mass is 519 g/mol. The Morgan fingerprint density at radius 2 is 1.75 bits per heavy atom. The van der Waals surface area contributed by atoms with Crippen molar-refractivity contribution in [3.8, 4) is 5.75 Å². The first-order valence-corrected chi connectivity index (χ1v) is 12.4. The van der Waals surface area contributed by atoms with Crippen LogP contribution in [0.25, 0.3) is 0 Å². The first kappa shape index (κ1) is 26.7. The molecule has 2 aromatic rings. The van der Waals surface area contributed by atoms with E-state index in [1.54, 1.807) is 57.2 Å². The lowest BCUT2D eigenvalue weighted by Crippen LogP contribution is -2.44. The number of benzene rings is 2. The Bertz CT molecular complexity index is 1250. The van der Waals surface area contributed by atoms with Gasteiger partial charge in [-0.05, 0) is 56.2 Å². The largest absolute Gasteiger partial charge is 0.497 e. The molecule has 0 spiro atoms. The molecule has 0 aliphatic carbocycles. The van der Waals surface area contributed by atoms with E-state index in [0.29, 0.717) is 16.9 Å². The van der Waals surface area contributed by atoms with Crippen molar-refractivity contribution < 1.29 is 37.7 Å². The molecule has 0 saturated heterocycles. The number of carboxylic acid groups (broad SMARTS) is 1. The second kappa shape index (κ2) is 10.4. The first-order valence-electron chi connectivity index (χ1n) is 11.0. The fraction of sp³-hybridized carbons (Fsp3) is 0.333. The molecule has 0 radical (unpaired) electrons. The van der Waals surface area contributed by atoms with Crippen molar-refractivity contribution in [2.45, 2.75) is 45.4 Å². The third-order valence-corrected chi connectivity index (χ3v) is 6.78. The van der Waals surface area contributed by atoms with Crippen LogP contribution in [0.5, 0.6) is 5.75 Å². The molecular weight excluding hydrogens is 490 g/mol. The molecule has 3 N–H and O–H groups in total. The van der Waals surface area contributed by atoms with E-state index < -0.39 is 39.8 Å². The molecule has 11 nitrogen and oxygen atoms in total. The maximum atomic E-state index is 13.2. The summed E-state index contributed by atoms with van der Waals surface area (Å²) >= 11 is 0. The van der Waals surface area contributed by atoms with Gasteiger partial charge in [0, 0.05) is 6.42 Å². The van der Waals surface area contributed by atoms with Gasteiger partial charge >= 0.3 is 22.3 Å². The number of alkyl carbamates (subject to hydrolysis) is 1. The maximum Gasteiger partial charge on any atom is 0.408 e. The molecule has 2 aromatic carbocycles. The van der Waals surface area contributed by atoms with Gasteiger partial charge in [0.05, 0.1) is 25.5 Å². The third-order valence-electron chi connectivity index (χ3n) is 5.09. The summed E-state index contributed by atoms with van der Waals surface area (Å²) in [5.41, 5.74) is 0.473. The van der Waals surface area contributed by atoms with Crippen LogP contribution in [0.15, 0.2) is 60.6 Å². The highest BCUT2D eigenvalue weighted by Crippen LogP contribution is 2.31. The van der Waals surface area contributed by atoms with E-state index in [1.165, 1.54) is 19.2 Å². The molecule has 0 saturated carbocycles. The molecule has 1 atom stereocenters. The maximum absolute atomic E-state index is 13.2. The topological polar surface area (TPSA) is 146 Å². The van der Waals surface area contributed by atoms with Crippen molar-refractivity contribution in [3.05, 3.63) is 71.7 Å². The summed E-state index contributed by atoms with van der Waals surface area (Å²) < 4.78 is 38.4. The zero-order valence-corrected chi connectivity index (χ0v) is 21.2. The molecule has 3 rings (SSSR count). The third kappa shape index (κ3) is 6.39.